The summed E-state index contributed by atoms with van der Waals surface area (Å²) in [6.07, 6.45) is 1.43. The SMILES string of the molecule is CC(C=O)(Cc1ccc(F)cc1)c1cccc(Cl)c1. The number of rotatable bonds is 4. The second-order valence-corrected chi connectivity index (χ2v) is 5.29. The summed E-state index contributed by atoms with van der Waals surface area (Å²) < 4.78 is 12.9. The highest BCUT2D eigenvalue weighted by molar-refractivity contribution is 6.30. The van der Waals surface area contributed by atoms with Crippen LogP contribution in [0.3, 0.4) is 0 Å². The number of hydrogen-bond acceptors (Lipinski definition) is 1. The van der Waals surface area contributed by atoms with Crippen LogP contribution in [0.5, 0.6) is 0 Å². The van der Waals surface area contributed by atoms with E-state index in [0.717, 1.165) is 17.4 Å². The van der Waals surface area contributed by atoms with Gasteiger partial charge in [-0.25, -0.2) is 4.39 Å². The lowest BCUT2D eigenvalue weighted by Gasteiger charge is -2.24. The molecule has 0 saturated heterocycles. The molecule has 0 aliphatic heterocycles. The smallest absolute Gasteiger partial charge is 0.130 e. The van der Waals surface area contributed by atoms with Gasteiger partial charge in [0.25, 0.3) is 0 Å². The van der Waals surface area contributed by atoms with Crippen LogP contribution in [0.2, 0.25) is 5.02 Å². The van der Waals surface area contributed by atoms with Crippen LogP contribution in [-0.4, -0.2) is 6.29 Å². The normalized spacial score (nSPS) is 13.8. The van der Waals surface area contributed by atoms with Crippen LogP contribution >= 0.6 is 11.6 Å². The van der Waals surface area contributed by atoms with Crippen molar-refractivity contribution in [3.63, 3.8) is 0 Å². The van der Waals surface area contributed by atoms with Gasteiger partial charge in [0.2, 0.25) is 0 Å². The molecular weight excluding hydrogens is 263 g/mol. The topological polar surface area (TPSA) is 17.1 Å². The Morgan fingerprint density at radius 1 is 1.21 bits per heavy atom. The molecule has 0 heterocycles. The van der Waals surface area contributed by atoms with Gasteiger partial charge in [-0.05, 0) is 48.7 Å². The van der Waals surface area contributed by atoms with Crippen molar-refractivity contribution in [2.45, 2.75) is 18.8 Å². The Labute approximate surface area is 117 Å². The lowest BCUT2D eigenvalue weighted by Crippen LogP contribution is -2.26. The molecule has 0 radical (unpaired) electrons. The van der Waals surface area contributed by atoms with Crippen molar-refractivity contribution in [3.05, 3.63) is 70.5 Å². The van der Waals surface area contributed by atoms with Gasteiger partial charge in [-0.1, -0.05) is 35.9 Å². The van der Waals surface area contributed by atoms with E-state index >= 15 is 0 Å². The minimum Gasteiger partial charge on any atom is -0.302 e. The second-order valence-electron chi connectivity index (χ2n) is 4.85. The number of carbonyl (C=O) groups excluding carboxylic acids is 1. The van der Waals surface area contributed by atoms with Crippen molar-refractivity contribution in [1.29, 1.82) is 0 Å². The Hall–Kier alpha value is -1.67. The first kappa shape index (κ1) is 13.8. The first-order valence-corrected chi connectivity index (χ1v) is 6.38. The molecule has 1 nitrogen and oxygen atoms in total. The maximum atomic E-state index is 12.9. The maximum Gasteiger partial charge on any atom is 0.130 e. The van der Waals surface area contributed by atoms with E-state index in [9.17, 15) is 9.18 Å². The summed E-state index contributed by atoms with van der Waals surface area (Å²) in [5.74, 6) is -0.278. The molecule has 2 aromatic carbocycles. The predicted molar refractivity (Wildman–Crippen MR) is 75.0 cm³/mol. The molecule has 2 rings (SSSR count). The molecule has 19 heavy (non-hydrogen) atoms. The summed E-state index contributed by atoms with van der Waals surface area (Å²) in [5, 5.41) is 0.602. The lowest BCUT2D eigenvalue weighted by molar-refractivity contribution is -0.112. The van der Waals surface area contributed by atoms with Crippen molar-refractivity contribution in [1.82, 2.24) is 0 Å². The minimum absolute atomic E-state index is 0.278. The molecule has 1 atom stereocenters. The fourth-order valence-electron chi connectivity index (χ4n) is 2.08. The largest absolute Gasteiger partial charge is 0.302 e. The van der Waals surface area contributed by atoms with E-state index in [1.165, 1.54) is 12.1 Å². The summed E-state index contributed by atoms with van der Waals surface area (Å²) in [5.41, 5.74) is 1.11. The van der Waals surface area contributed by atoms with E-state index in [4.69, 9.17) is 11.6 Å². The van der Waals surface area contributed by atoms with E-state index in [2.05, 4.69) is 0 Å². The third-order valence-corrected chi connectivity index (χ3v) is 3.46. The van der Waals surface area contributed by atoms with Crippen molar-refractivity contribution in [2.75, 3.05) is 0 Å². The average molecular weight is 277 g/mol. The zero-order valence-corrected chi connectivity index (χ0v) is 11.3. The van der Waals surface area contributed by atoms with Crippen LogP contribution in [0.15, 0.2) is 48.5 Å². The van der Waals surface area contributed by atoms with Crippen LogP contribution in [0.1, 0.15) is 18.1 Å². The van der Waals surface area contributed by atoms with E-state index in [-0.39, 0.29) is 5.82 Å². The molecule has 3 heteroatoms. The van der Waals surface area contributed by atoms with Crippen molar-refractivity contribution >= 4 is 17.9 Å². The van der Waals surface area contributed by atoms with Gasteiger partial charge in [-0.15, -0.1) is 0 Å². The van der Waals surface area contributed by atoms with Gasteiger partial charge in [0.1, 0.15) is 12.1 Å². The molecule has 0 amide bonds. The highest BCUT2D eigenvalue weighted by Crippen LogP contribution is 2.28. The van der Waals surface area contributed by atoms with Gasteiger partial charge in [-0.2, -0.15) is 0 Å². The van der Waals surface area contributed by atoms with Crippen LogP contribution in [0.4, 0.5) is 4.39 Å². The highest BCUT2D eigenvalue weighted by atomic mass is 35.5. The van der Waals surface area contributed by atoms with E-state index in [1.54, 1.807) is 24.3 Å². The first-order chi connectivity index (χ1) is 9.03. The molecule has 0 N–H and O–H groups in total. The molecule has 1 unspecified atom stereocenters. The third-order valence-electron chi connectivity index (χ3n) is 3.23. The molecule has 0 saturated carbocycles. The molecule has 0 aliphatic rings. The Morgan fingerprint density at radius 2 is 1.89 bits per heavy atom. The summed E-state index contributed by atoms with van der Waals surface area (Å²) in [4.78, 5) is 11.5. The summed E-state index contributed by atoms with van der Waals surface area (Å²) >= 11 is 5.97. The number of hydrogen-bond donors (Lipinski definition) is 0. The van der Waals surface area contributed by atoms with Gasteiger partial charge in [0.05, 0.1) is 5.41 Å². The molecule has 0 spiro atoms. The maximum absolute atomic E-state index is 12.9. The summed E-state index contributed by atoms with van der Waals surface area (Å²) in [7, 11) is 0. The Bertz CT molecular complexity index is 580. The zero-order chi connectivity index (χ0) is 13.9. The van der Waals surface area contributed by atoms with Crippen molar-refractivity contribution in [2.24, 2.45) is 0 Å². The van der Waals surface area contributed by atoms with Gasteiger partial charge in [0.15, 0.2) is 0 Å². The number of halogens is 2. The van der Waals surface area contributed by atoms with Crippen LogP contribution in [0.25, 0.3) is 0 Å². The number of carbonyl (C=O) groups is 1. The zero-order valence-electron chi connectivity index (χ0n) is 10.6. The standard InChI is InChI=1S/C16H14ClFO/c1-16(11-19,13-3-2-4-14(17)9-13)10-12-5-7-15(18)8-6-12/h2-9,11H,10H2,1H3. The van der Waals surface area contributed by atoms with Crippen LogP contribution in [-0.2, 0) is 16.6 Å². The number of benzene rings is 2. The molecule has 0 aromatic heterocycles. The fourth-order valence-corrected chi connectivity index (χ4v) is 2.27. The fraction of sp³-hybridized carbons (Fsp3) is 0.188. The molecule has 0 bridgehead atoms. The Kier molecular flexibility index (Phi) is 4.01. The monoisotopic (exact) mass is 276 g/mol. The van der Waals surface area contributed by atoms with Gasteiger partial charge in [0, 0.05) is 5.02 Å². The quantitative estimate of drug-likeness (QED) is 0.766. The average Bonchev–Trinajstić information content (AvgIpc) is 2.41. The second kappa shape index (κ2) is 5.54. The summed E-state index contributed by atoms with van der Waals surface area (Å²) in [6, 6.07) is 13.5. The molecular formula is C16H14ClFO. The van der Waals surface area contributed by atoms with E-state index in [1.807, 2.05) is 19.1 Å². The van der Waals surface area contributed by atoms with Gasteiger partial charge < -0.3 is 4.79 Å². The van der Waals surface area contributed by atoms with Gasteiger partial charge >= 0.3 is 0 Å². The number of aldehydes is 1. The molecule has 0 aliphatic carbocycles. The first-order valence-electron chi connectivity index (χ1n) is 6.00. The van der Waals surface area contributed by atoms with Crippen molar-refractivity contribution in [3.8, 4) is 0 Å². The molecule has 0 fully saturated rings. The minimum atomic E-state index is -0.664. The summed E-state index contributed by atoms with van der Waals surface area (Å²) in [6.45, 7) is 1.86. The Morgan fingerprint density at radius 3 is 2.47 bits per heavy atom. The van der Waals surface area contributed by atoms with Crippen LogP contribution in [0, 0.1) is 5.82 Å². The molecule has 2 aromatic rings. The lowest BCUT2D eigenvalue weighted by atomic mass is 9.79. The predicted octanol–water partition coefficient (Wildman–Crippen LogP) is 4.18. The highest BCUT2D eigenvalue weighted by Gasteiger charge is 2.26. The van der Waals surface area contributed by atoms with E-state index < -0.39 is 5.41 Å². The van der Waals surface area contributed by atoms with Crippen LogP contribution < -0.4 is 0 Å². The Balaban J connectivity index is 2.32. The van der Waals surface area contributed by atoms with E-state index in [0.29, 0.717) is 11.4 Å². The van der Waals surface area contributed by atoms with Gasteiger partial charge in [-0.3, -0.25) is 0 Å². The van der Waals surface area contributed by atoms with Crippen molar-refractivity contribution < 1.29 is 9.18 Å². The third kappa shape index (κ3) is 3.21. The molecule has 98 valence electrons.